The van der Waals surface area contributed by atoms with Gasteiger partial charge >= 0.3 is 0 Å². The summed E-state index contributed by atoms with van der Waals surface area (Å²) >= 11 is 3.39. The number of pyridine rings is 1. The largest absolute Gasteiger partial charge is 0.324 e. The summed E-state index contributed by atoms with van der Waals surface area (Å²) in [4.78, 5) is 18.3. The average molecular weight is 332 g/mol. The summed E-state index contributed by atoms with van der Waals surface area (Å²) in [7, 11) is 0. The van der Waals surface area contributed by atoms with Gasteiger partial charge in [-0.15, -0.1) is 0 Å². The van der Waals surface area contributed by atoms with Crippen LogP contribution >= 0.6 is 15.9 Å². The van der Waals surface area contributed by atoms with E-state index in [0.717, 1.165) is 21.7 Å². The van der Waals surface area contributed by atoms with Crippen molar-refractivity contribution in [3.8, 4) is 0 Å². The molecule has 0 bridgehead atoms. The zero-order valence-corrected chi connectivity index (χ0v) is 12.6. The Morgan fingerprint density at radius 3 is 2.80 bits per heavy atom. The van der Waals surface area contributed by atoms with Crippen LogP contribution in [0.4, 0.5) is 17.2 Å². The summed E-state index contributed by atoms with van der Waals surface area (Å²) < 4.78 is 0.849. The number of hydrogen-bond donors (Lipinski definition) is 1. The summed E-state index contributed by atoms with van der Waals surface area (Å²) in [6.07, 6.45) is 2.19. The first-order valence-corrected chi connectivity index (χ1v) is 7.22. The summed E-state index contributed by atoms with van der Waals surface area (Å²) in [6.45, 7) is 2.68. The van der Waals surface area contributed by atoms with Gasteiger partial charge in [0.25, 0.3) is 0 Å². The first-order valence-electron chi connectivity index (χ1n) is 6.43. The van der Waals surface area contributed by atoms with Crippen molar-refractivity contribution in [3.63, 3.8) is 0 Å². The molecular formula is C15H14BrN3O. The maximum atomic E-state index is 11.8. The van der Waals surface area contributed by atoms with Crippen molar-refractivity contribution in [2.45, 2.75) is 13.3 Å². The van der Waals surface area contributed by atoms with E-state index >= 15 is 0 Å². The Balaban J connectivity index is 2.08. The predicted octanol–water partition coefficient (Wildman–Crippen LogP) is 3.63. The minimum atomic E-state index is 0.0146. The van der Waals surface area contributed by atoms with Crippen LogP contribution in [0.15, 0.2) is 41.0 Å². The van der Waals surface area contributed by atoms with Crippen LogP contribution in [-0.4, -0.2) is 17.4 Å². The van der Waals surface area contributed by atoms with E-state index in [4.69, 9.17) is 0 Å². The van der Waals surface area contributed by atoms with Crippen molar-refractivity contribution in [3.05, 3.63) is 46.6 Å². The van der Waals surface area contributed by atoms with Gasteiger partial charge in [0.15, 0.2) is 5.82 Å². The molecule has 0 unspecified atom stereocenters. The summed E-state index contributed by atoms with van der Waals surface area (Å²) in [5.41, 5.74) is 2.99. The molecule has 1 aliphatic rings. The highest BCUT2D eigenvalue weighted by atomic mass is 79.9. The van der Waals surface area contributed by atoms with Crippen molar-refractivity contribution < 1.29 is 4.79 Å². The van der Waals surface area contributed by atoms with Crippen molar-refractivity contribution in [1.82, 2.24) is 4.98 Å². The standard InChI is InChI=1S/C15H14BrN3O/c1-10-2-4-12(5-3-10)19-7-6-14(20)18-13-8-11(16)9-17-15(13)19/h2-5,8-9H,6-7H2,1H3,(H,18,20). The summed E-state index contributed by atoms with van der Waals surface area (Å²) in [5, 5.41) is 2.90. The van der Waals surface area contributed by atoms with Gasteiger partial charge in [0.2, 0.25) is 5.91 Å². The second-order valence-corrected chi connectivity index (χ2v) is 5.73. The molecule has 0 saturated heterocycles. The normalized spacial score (nSPS) is 14.5. The van der Waals surface area contributed by atoms with Crippen LogP contribution in [0.2, 0.25) is 0 Å². The van der Waals surface area contributed by atoms with Gasteiger partial charge in [-0.1, -0.05) is 17.7 Å². The number of carbonyl (C=O) groups excluding carboxylic acids is 1. The lowest BCUT2D eigenvalue weighted by atomic mass is 10.2. The van der Waals surface area contributed by atoms with Gasteiger partial charge in [-0.25, -0.2) is 4.98 Å². The number of halogens is 1. The van der Waals surface area contributed by atoms with E-state index in [-0.39, 0.29) is 5.91 Å². The maximum Gasteiger partial charge on any atom is 0.226 e. The zero-order chi connectivity index (χ0) is 14.1. The molecule has 1 aromatic carbocycles. The molecule has 0 spiro atoms. The third-order valence-electron chi connectivity index (χ3n) is 3.27. The molecule has 0 atom stereocenters. The second kappa shape index (κ2) is 5.25. The van der Waals surface area contributed by atoms with Crippen LogP contribution < -0.4 is 10.2 Å². The first kappa shape index (κ1) is 13.1. The van der Waals surface area contributed by atoms with Crippen molar-refractivity contribution in [1.29, 1.82) is 0 Å². The van der Waals surface area contributed by atoms with Gasteiger partial charge in [-0.2, -0.15) is 0 Å². The topological polar surface area (TPSA) is 45.2 Å². The van der Waals surface area contributed by atoms with Gasteiger partial charge in [0, 0.05) is 29.3 Å². The Labute approximate surface area is 126 Å². The lowest BCUT2D eigenvalue weighted by molar-refractivity contribution is -0.115. The second-order valence-electron chi connectivity index (χ2n) is 4.81. The van der Waals surface area contributed by atoms with E-state index in [1.54, 1.807) is 6.20 Å². The van der Waals surface area contributed by atoms with Crippen LogP contribution in [0.1, 0.15) is 12.0 Å². The quantitative estimate of drug-likeness (QED) is 0.867. The van der Waals surface area contributed by atoms with Crippen LogP contribution in [0, 0.1) is 6.92 Å². The molecule has 20 heavy (non-hydrogen) atoms. The number of fused-ring (bicyclic) bond motifs is 1. The Kier molecular flexibility index (Phi) is 3.44. The number of nitrogens with one attached hydrogen (secondary N) is 1. The third kappa shape index (κ3) is 2.54. The number of amides is 1. The Morgan fingerprint density at radius 2 is 2.05 bits per heavy atom. The number of aromatic nitrogens is 1. The molecule has 5 heteroatoms. The molecule has 0 radical (unpaired) electrons. The number of carbonyl (C=O) groups is 1. The van der Waals surface area contributed by atoms with E-state index < -0.39 is 0 Å². The number of nitrogens with zero attached hydrogens (tertiary/aromatic N) is 2. The molecule has 0 aliphatic carbocycles. The van der Waals surface area contributed by atoms with Gasteiger partial charge in [-0.05, 0) is 41.1 Å². The predicted molar refractivity (Wildman–Crippen MR) is 83.4 cm³/mol. The average Bonchev–Trinajstić information content (AvgIpc) is 2.58. The van der Waals surface area contributed by atoms with E-state index in [1.807, 2.05) is 6.07 Å². The number of anilines is 3. The highest BCUT2D eigenvalue weighted by Gasteiger charge is 2.21. The molecule has 1 amide bonds. The molecule has 3 rings (SSSR count). The van der Waals surface area contributed by atoms with Crippen molar-refractivity contribution >= 4 is 39.0 Å². The number of benzene rings is 1. The molecule has 4 nitrogen and oxygen atoms in total. The monoisotopic (exact) mass is 331 g/mol. The zero-order valence-electron chi connectivity index (χ0n) is 11.1. The summed E-state index contributed by atoms with van der Waals surface area (Å²) in [5.74, 6) is 0.795. The molecule has 1 N–H and O–H groups in total. The molecule has 102 valence electrons. The van der Waals surface area contributed by atoms with Crippen LogP contribution in [-0.2, 0) is 4.79 Å². The summed E-state index contributed by atoms with van der Waals surface area (Å²) in [6, 6.07) is 10.1. The smallest absolute Gasteiger partial charge is 0.226 e. The minimum Gasteiger partial charge on any atom is -0.324 e. The lowest BCUT2D eigenvalue weighted by Gasteiger charge is -2.23. The fourth-order valence-corrected chi connectivity index (χ4v) is 2.58. The van der Waals surface area contributed by atoms with E-state index in [1.165, 1.54) is 5.56 Å². The Morgan fingerprint density at radius 1 is 1.30 bits per heavy atom. The number of hydrogen-bond acceptors (Lipinski definition) is 3. The highest BCUT2D eigenvalue weighted by Crippen LogP contribution is 2.34. The van der Waals surface area contributed by atoms with Gasteiger partial charge < -0.3 is 10.2 Å². The molecule has 0 saturated carbocycles. The first-order chi connectivity index (χ1) is 9.63. The molecule has 1 aliphatic heterocycles. The Bertz CT molecular complexity index is 655. The fourth-order valence-electron chi connectivity index (χ4n) is 2.25. The SMILES string of the molecule is Cc1ccc(N2CCC(=O)Nc3cc(Br)cnc32)cc1. The van der Waals surface area contributed by atoms with E-state index in [2.05, 4.69) is 62.3 Å². The fraction of sp³-hybridized carbons (Fsp3) is 0.200. The molecule has 2 heterocycles. The van der Waals surface area contributed by atoms with E-state index in [0.29, 0.717) is 13.0 Å². The van der Waals surface area contributed by atoms with E-state index in [9.17, 15) is 4.79 Å². The van der Waals surface area contributed by atoms with Gasteiger partial charge in [-0.3, -0.25) is 4.79 Å². The van der Waals surface area contributed by atoms with Gasteiger partial charge in [0.05, 0.1) is 5.69 Å². The molecule has 0 fully saturated rings. The van der Waals surface area contributed by atoms with Crippen molar-refractivity contribution in [2.24, 2.45) is 0 Å². The lowest BCUT2D eigenvalue weighted by Crippen LogP contribution is -2.19. The van der Waals surface area contributed by atoms with Crippen molar-refractivity contribution in [2.75, 3.05) is 16.8 Å². The number of rotatable bonds is 1. The third-order valence-corrected chi connectivity index (χ3v) is 3.70. The van der Waals surface area contributed by atoms with Gasteiger partial charge in [0.1, 0.15) is 0 Å². The molecule has 1 aromatic heterocycles. The maximum absolute atomic E-state index is 11.8. The Hall–Kier alpha value is -1.88. The van der Waals surface area contributed by atoms with Crippen LogP contribution in [0.3, 0.4) is 0 Å². The highest BCUT2D eigenvalue weighted by molar-refractivity contribution is 9.10. The number of aryl methyl sites for hydroxylation is 1. The molecular weight excluding hydrogens is 318 g/mol. The van der Waals surface area contributed by atoms with Crippen LogP contribution in [0.25, 0.3) is 0 Å². The van der Waals surface area contributed by atoms with Crippen LogP contribution in [0.5, 0.6) is 0 Å². The minimum absolute atomic E-state index is 0.0146. The molecule has 2 aromatic rings.